The molecule has 0 fully saturated rings. The smallest absolute Gasteiger partial charge is 0.0906 e. The van der Waals surface area contributed by atoms with Crippen LogP contribution >= 0.6 is 0 Å². The van der Waals surface area contributed by atoms with Crippen LogP contribution in [-0.4, -0.2) is 19.8 Å². The number of rotatable bonds is 5. The molecule has 0 aromatic heterocycles. The van der Waals surface area contributed by atoms with Gasteiger partial charge in [0.25, 0.3) is 0 Å². The normalized spacial score (nSPS) is 18.8. The number of hydrogen-bond donors (Lipinski definition) is 1. The van der Waals surface area contributed by atoms with E-state index in [0.717, 1.165) is 13.1 Å². The number of hydrogen-bond acceptors (Lipinski definition) is 1. The van der Waals surface area contributed by atoms with E-state index in [1.807, 2.05) is 0 Å². The molecule has 1 unspecified atom stereocenters. The predicted molar refractivity (Wildman–Crippen MR) is 56.3 cm³/mol. The average Bonchev–Trinajstić information content (AvgIpc) is 2.19. The third-order valence-corrected chi connectivity index (χ3v) is 2.84. The molecule has 2 rings (SSSR count). The summed E-state index contributed by atoms with van der Waals surface area (Å²) in [6.45, 7) is 1.58. The maximum Gasteiger partial charge on any atom is 0.0906 e. The summed E-state index contributed by atoms with van der Waals surface area (Å²) in [6, 6.07) is 8.56. The summed E-state index contributed by atoms with van der Waals surface area (Å²) in [6.07, 6.45) is 1.81. The highest BCUT2D eigenvalue weighted by atomic mass is 19.1. The van der Waals surface area contributed by atoms with Gasteiger partial charge in [-0.15, -0.1) is 0 Å². The van der Waals surface area contributed by atoms with E-state index in [9.17, 15) is 4.39 Å². The van der Waals surface area contributed by atoms with Gasteiger partial charge in [0.15, 0.2) is 0 Å². The molecule has 0 saturated carbocycles. The van der Waals surface area contributed by atoms with Crippen molar-refractivity contribution in [3.8, 4) is 0 Å². The minimum Gasteiger partial charge on any atom is -0.316 e. The van der Waals surface area contributed by atoms with Crippen molar-refractivity contribution in [3.05, 3.63) is 35.4 Å². The van der Waals surface area contributed by atoms with Crippen LogP contribution in [0.1, 0.15) is 23.5 Å². The van der Waals surface area contributed by atoms with Gasteiger partial charge in [0, 0.05) is 12.5 Å². The lowest BCUT2D eigenvalue weighted by Gasteiger charge is -2.30. The van der Waals surface area contributed by atoms with Crippen molar-refractivity contribution < 1.29 is 4.39 Å². The van der Waals surface area contributed by atoms with Crippen molar-refractivity contribution >= 4 is 0 Å². The Balaban J connectivity index is 1.76. The van der Waals surface area contributed by atoms with E-state index in [-0.39, 0.29) is 6.67 Å². The van der Waals surface area contributed by atoms with E-state index >= 15 is 0 Å². The Morgan fingerprint density at radius 2 is 2.21 bits per heavy atom. The van der Waals surface area contributed by atoms with Gasteiger partial charge in [-0.2, -0.15) is 0 Å². The zero-order valence-electron chi connectivity index (χ0n) is 8.30. The van der Waals surface area contributed by atoms with Crippen LogP contribution in [0.4, 0.5) is 4.39 Å². The van der Waals surface area contributed by atoms with Crippen LogP contribution < -0.4 is 5.32 Å². The number of benzene rings is 1. The fraction of sp³-hybridized carbons (Fsp3) is 0.500. The third-order valence-electron chi connectivity index (χ3n) is 2.84. The summed E-state index contributed by atoms with van der Waals surface area (Å²) in [5.74, 6) is 0.658. The van der Waals surface area contributed by atoms with Gasteiger partial charge in [0.2, 0.25) is 0 Å². The Bertz CT molecular complexity index is 298. The molecule has 14 heavy (non-hydrogen) atoms. The second-order valence-electron chi connectivity index (χ2n) is 3.85. The minimum atomic E-state index is -0.214. The Morgan fingerprint density at radius 3 is 3.00 bits per heavy atom. The highest BCUT2D eigenvalue weighted by molar-refractivity contribution is 5.40. The highest BCUT2D eigenvalue weighted by Gasteiger charge is 2.24. The molecule has 1 aliphatic rings. The fourth-order valence-corrected chi connectivity index (χ4v) is 2.01. The first-order valence-corrected chi connectivity index (χ1v) is 5.26. The molecule has 0 amide bonds. The first kappa shape index (κ1) is 9.66. The van der Waals surface area contributed by atoms with Crippen LogP contribution in [0.25, 0.3) is 0 Å². The molecule has 2 heteroatoms. The van der Waals surface area contributed by atoms with Gasteiger partial charge in [-0.05, 0) is 30.5 Å². The molecule has 0 aliphatic heterocycles. The van der Waals surface area contributed by atoms with Gasteiger partial charge in [0.05, 0.1) is 6.67 Å². The van der Waals surface area contributed by atoms with Crippen LogP contribution in [0, 0.1) is 0 Å². The molecule has 76 valence electrons. The van der Waals surface area contributed by atoms with Crippen molar-refractivity contribution in [2.75, 3.05) is 19.8 Å². The van der Waals surface area contributed by atoms with Crippen molar-refractivity contribution in [2.24, 2.45) is 0 Å². The first-order valence-electron chi connectivity index (χ1n) is 5.26. The molecule has 1 aromatic rings. The Labute approximate surface area is 84.3 Å². The Morgan fingerprint density at radius 1 is 1.36 bits per heavy atom. The molecule has 0 radical (unpaired) electrons. The summed E-state index contributed by atoms with van der Waals surface area (Å²) < 4.78 is 11.8. The Hall–Kier alpha value is -0.890. The molecular formula is C12H16FN. The minimum absolute atomic E-state index is 0.214. The van der Waals surface area contributed by atoms with Crippen LogP contribution in [0.2, 0.25) is 0 Å². The SMILES string of the molecule is FCCCNCC1Cc2ccccc21. The Kier molecular flexibility index (Phi) is 3.14. The molecule has 0 bridgehead atoms. The van der Waals surface area contributed by atoms with E-state index in [4.69, 9.17) is 0 Å². The second kappa shape index (κ2) is 4.56. The van der Waals surface area contributed by atoms with Gasteiger partial charge >= 0.3 is 0 Å². The molecule has 1 aliphatic carbocycles. The standard InChI is InChI=1S/C12H16FN/c13-6-3-7-14-9-11-8-10-4-1-2-5-12(10)11/h1-2,4-5,11,14H,3,6-9H2. The first-order chi connectivity index (χ1) is 6.92. The molecule has 0 spiro atoms. The lowest BCUT2D eigenvalue weighted by molar-refractivity contribution is 0.448. The molecule has 0 heterocycles. The zero-order valence-corrected chi connectivity index (χ0v) is 8.30. The fourth-order valence-electron chi connectivity index (χ4n) is 2.01. The van der Waals surface area contributed by atoms with Gasteiger partial charge in [-0.1, -0.05) is 24.3 Å². The molecule has 1 N–H and O–H groups in total. The van der Waals surface area contributed by atoms with Crippen molar-refractivity contribution in [1.82, 2.24) is 5.32 Å². The maximum absolute atomic E-state index is 11.8. The third kappa shape index (κ3) is 1.95. The molecule has 1 atom stereocenters. The van der Waals surface area contributed by atoms with Crippen molar-refractivity contribution in [3.63, 3.8) is 0 Å². The van der Waals surface area contributed by atoms with E-state index in [1.54, 1.807) is 0 Å². The van der Waals surface area contributed by atoms with Gasteiger partial charge in [0.1, 0.15) is 0 Å². The lowest BCUT2D eigenvalue weighted by atomic mass is 9.77. The summed E-state index contributed by atoms with van der Waals surface area (Å²) in [4.78, 5) is 0. The maximum atomic E-state index is 11.8. The van der Waals surface area contributed by atoms with E-state index in [0.29, 0.717) is 12.3 Å². The summed E-state index contributed by atoms with van der Waals surface area (Å²) in [5.41, 5.74) is 2.95. The number of halogens is 1. The van der Waals surface area contributed by atoms with Crippen LogP contribution in [0.5, 0.6) is 0 Å². The molecule has 1 aromatic carbocycles. The van der Waals surface area contributed by atoms with Crippen LogP contribution in [0.15, 0.2) is 24.3 Å². The van der Waals surface area contributed by atoms with Crippen molar-refractivity contribution in [1.29, 1.82) is 0 Å². The summed E-state index contributed by atoms with van der Waals surface area (Å²) >= 11 is 0. The molecule has 1 nitrogen and oxygen atoms in total. The van der Waals surface area contributed by atoms with E-state index < -0.39 is 0 Å². The topological polar surface area (TPSA) is 12.0 Å². The van der Waals surface area contributed by atoms with Gasteiger partial charge in [-0.25, -0.2) is 0 Å². The van der Waals surface area contributed by atoms with Gasteiger partial charge < -0.3 is 5.32 Å². The van der Waals surface area contributed by atoms with E-state index in [2.05, 4.69) is 29.6 Å². The quantitative estimate of drug-likeness (QED) is 0.707. The predicted octanol–water partition coefficient (Wildman–Crippen LogP) is 2.28. The number of fused-ring (bicyclic) bond motifs is 1. The molecule has 0 saturated heterocycles. The average molecular weight is 193 g/mol. The number of nitrogens with one attached hydrogen (secondary N) is 1. The zero-order chi connectivity index (χ0) is 9.80. The van der Waals surface area contributed by atoms with Crippen LogP contribution in [-0.2, 0) is 6.42 Å². The second-order valence-corrected chi connectivity index (χ2v) is 3.85. The summed E-state index contributed by atoms with van der Waals surface area (Å²) in [5, 5.41) is 3.29. The monoisotopic (exact) mass is 193 g/mol. The highest BCUT2D eigenvalue weighted by Crippen LogP contribution is 2.33. The number of alkyl halides is 1. The van der Waals surface area contributed by atoms with E-state index in [1.165, 1.54) is 17.5 Å². The molecular weight excluding hydrogens is 177 g/mol. The largest absolute Gasteiger partial charge is 0.316 e. The van der Waals surface area contributed by atoms with Gasteiger partial charge in [-0.3, -0.25) is 4.39 Å². The van der Waals surface area contributed by atoms with Crippen molar-refractivity contribution in [2.45, 2.75) is 18.8 Å². The lowest BCUT2D eigenvalue weighted by Crippen LogP contribution is -2.29. The summed E-state index contributed by atoms with van der Waals surface area (Å²) in [7, 11) is 0. The van der Waals surface area contributed by atoms with Crippen LogP contribution in [0.3, 0.4) is 0 Å².